The summed E-state index contributed by atoms with van der Waals surface area (Å²) in [4.78, 5) is 22.2. The van der Waals surface area contributed by atoms with E-state index in [1.54, 1.807) is 11.3 Å². The van der Waals surface area contributed by atoms with Gasteiger partial charge in [-0.15, -0.1) is 11.3 Å². The third-order valence-electron chi connectivity index (χ3n) is 5.21. The topological polar surface area (TPSA) is 45.7 Å². The molecule has 3 aliphatic rings. The van der Waals surface area contributed by atoms with Crippen LogP contribution < -0.4 is 0 Å². The molecule has 5 nitrogen and oxygen atoms in total. The fourth-order valence-corrected chi connectivity index (χ4v) is 4.60. The molecule has 0 spiro atoms. The van der Waals surface area contributed by atoms with Crippen molar-refractivity contribution in [2.75, 3.05) is 26.2 Å². The molecule has 0 N–H and O–H groups in total. The molecule has 1 aromatic heterocycles. The second-order valence-corrected chi connectivity index (χ2v) is 7.73. The normalized spacial score (nSPS) is 31.3. The van der Waals surface area contributed by atoms with Gasteiger partial charge in [0.25, 0.3) is 0 Å². The molecular formula is C16H23N3O2S. The Hall–Kier alpha value is -0.980. The van der Waals surface area contributed by atoms with Gasteiger partial charge in [0, 0.05) is 43.5 Å². The van der Waals surface area contributed by atoms with Crippen molar-refractivity contribution in [2.24, 2.45) is 5.92 Å². The van der Waals surface area contributed by atoms with Crippen LogP contribution >= 0.6 is 11.3 Å². The van der Waals surface area contributed by atoms with Gasteiger partial charge in [0.2, 0.25) is 5.91 Å². The van der Waals surface area contributed by atoms with Crippen LogP contribution in [0.2, 0.25) is 0 Å². The Morgan fingerprint density at radius 1 is 1.45 bits per heavy atom. The van der Waals surface area contributed by atoms with E-state index in [1.165, 1.54) is 4.88 Å². The van der Waals surface area contributed by atoms with Crippen LogP contribution in [0.3, 0.4) is 0 Å². The molecule has 0 saturated carbocycles. The minimum absolute atomic E-state index is 0.149. The first-order valence-electron chi connectivity index (χ1n) is 8.23. The van der Waals surface area contributed by atoms with Gasteiger partial charge in [0.05, 0.1) is 29.8 Å². The SMILES string of the molecule is Cc1ncsc1CN1C[C@@H]2C[C@@H](CC(=O)N3CCC3)O[C@@H]2C1. The lowest BCUT2D eigenvalue weighted by Crippen LogP contribution is -2.43. The summed E-state index contributed by atoms with van der Waals surface area (Å²) in [6.07, 6.45) is 3.26. The second kappa shape index (κ2) is 5.91. The van der Waals surface area contributed by atoms with E-state index in [9.17, 15) is 4.79 Å². The van der Waals surface area contributed by atoms with Gasteiger partial charge in [-0.2, -0.15) is 0 Å². The van der Waals surface area contributed by atoms with E-state index in [2.05, 4.69) is 16.8 Å². The van der Waals surface area contributed by atoms with Crippen molar-refractivity contribution in [3.05, 3.63) is 16.1 Å². The molecule has 6 heteroatoms. The average molecular weight is 321 g/mol. The maximum Gasteiger partial charge on any atom is 0.225 e. The van der Waals surface area contributed by atoms with Crippen LogP contribution in [0.1, 0.15) is 29.8 Å². The molecule has 0 aliphatic carbocycles. The van der Waals surface area contributed by atoms with Gasteiger partial charge in [0.15, 0.2) is 0 Å². The van der Waals surface area contributed by atoms with Crippen molar-refractivity contribution in [1.82, 2.24) is 14.8 Å². The van der Waals surface area contributed by atoms with Crippen LogP contribution in [0.15, 0.2) is 5.51 Å². The highest BCUT2D eigenvalue weighted by molar-refractivity contribution is 7.09. The first-order chi connectivity index (χ1) is 10.7. The Balaban J connectivity index is 1.27. The maximum absolute atomic E-state index is 12.0. The highest BCUT2D eigenvalue weighted by atomic mass is 32.1. The number of carbonyl (C=O) groups is 1. The lowest BCUT2D eigenvalue weighted by Gasteiger charge is -2.31. The maximum atomic E-state index is 12.0. The van der Waals surface area contributed by atoms with E-state index in [0.717, 1.165) is 51.3 Å². The molecule has 1 amide bonds. The number of aromatic nitrogens is 1. The molecule has 3 fully saturated rings. The number of hydrogen-bond donors (Lipinski definition) is 0. The number of amides is 1. The van der Waals surface area contributed by atoms with Crippen LogP contribution in [0.4, 0.5) is 0 Å². The molecule has 0 radical (unpaired) electrons. The molecule has 0 unspecified atom stereocenters. The number of thiazole rings is 1. The predicted molar refractivity (Wildman–Crippen MR) is 84.7 cm³/mol. The quantitative estimate of drug-likeness (QED) is 0.846. The van der Waals surface area contributed by atoms with E-state index in [0.29, 0.717) is 18.4 Å². The summed E-state index contributed by atoms with van der Waals surface area (Å²) in [7, 11) is 0. The first kappa shape index (κ1) is 14.6. The van der Waals surface area contributed by atoms with Gasteiger partial charge in [0.1, 0.15) is 0 Å². The van der Waals surface area contributed by atoms with Crippen molar-refractivity contribution in [2.45, 2.75) is 44.9 Å². The molecule has 120 valence electrons. The van der Waals surface area contributed by atoms with Gasteiger partial charge < -0.3 is 9.64 Å². The number of likely N-dealkylation sites (tertiary alicyclic amines) is 2. The van der Waals surface area contributed by atoms with Crippen LogP contribution in [0.25, 0.3) is 0 Å². The molecular weight excluding hydrogens is 298 g/mol. The monoisotopic (exact) mass is 321 g/mol. The van der Waals surface area contributed by atoms with Crippen LogP contribution in [-0.4, -0.2) is 59.1 Å². The summed E-state index contributed by atoms with van der Waals surface area (Å²) in [6.45, 7) is 7.05. The van der Waals surface area contributed by atoms with E-state index in [1.807, 2.05) is 10.4 Å². The summed E-state index contributed by atoms with van der Waals surface area (Å²) >= 11 is 1.74. The number of aryl methyl sites for hydroxylation is 1. The van der Waals surface area contributed by atoms with Crippen LogP contribution in [-0.2, 0) is 16.1 Å². The molecule has 0 aromatic carbocycles. The highest BCUT2D eigenvalue weighted by Gasteiger charge is 2.42. The van der Waals surface area contributed by atoms with E-state index in [-0.39, 0.29) is 12.0 Å². The smallest absolute Gasteiger partial charge is 0.225 e. The fourth-order valence-electron chi connectivity index (χ4n) is 3.78. The third kappa shape index (κ3) is 2.79. The molecule has 22 heavy (non-hydrogen) atoms. The van der Waals surface area contributed by atoms with Gasteiger partial charge in [-0.05, 0) is 19.8 Å². The average Bonchev–Trinajstić information content (AvgIpc) is 3.03. The number of fused-ring (bicyclic) bond motifs is 1. The Morgan fingerprint density at radius 2 is 2.32 bits per heavy atom. The summed E-state index contributed by atoms with van der Waals surface area (Å²) in [5.74, 6) is 0.885. The first-order valence-corrected chi connectivity index (χ1v) is 9.11. The number of nitrogens with zero attached hydrogens (tertiary/aromatic N) is 3. The third-order valence-corrected chi connectivity index (χ3v) is 6.13. The van der Waals surface area contributed by atoms with Gasteiger partial charge in [-0.1, -0.05) is 0 Å². The van der Waals surface area contributed by atoms with E-state index < -0.39 is 0 Å². The zero-order chi connectivity index (χ0) is 15.1. The zero-order valence-corrected chi connectivity index (χ0v) is 13.8. The molecule has 1 aromatic rings. The van der Waals surface area contributed by atoms with Gasteiger partial charge in [-0.3, -0.25) is 9.69 Å². The Kier molecular flexibility index (Phi) is 3.92. The summed E-state index contributed by atoms with van der Waals surface area (Å²) in [5, 5.41) is 0. The largest absolute Gasteiger partial charge is 0.373 e. The second-order valence-electron chi connectivity index (χ2n) is 6.79. The number of rotatable bonds is 4. The van der Waals surface area contributed by atoms with E-state index >= 15 is 0 Å². The minimum atomic E-state index is 0.149. The van der Waals surface area contributed by atoms with Crippen LogP contribution in [0.5, 0.6) is 0 Å². The number of carbonyl (C=O) groups excluding carboxylic acids is 1. The minimum Gasteiger partial charge on any atom is -0.373 e. The highest BCUT2D eigenvalue weighted by Crippen LogP contribution is 2.35. The summed E-state index contributed by atoms with van der Waals surface area (Å²) in [6, 6.07) is 0. The number of ether oxygens (including phenoxy) is 1. The van der Waals surface area contributed by atoms with Crippen LogP contribution in [0, 0.1) is 12.8 Å². The molecule has 3 atom stereocenters. The van der Waals surface area contributed by atoms with Crippen molar-refractivity contribution >= 4 is 17.2 Å². The Labute approximate surface area is 135 Å². The van der Waals surface area contributed by atoms with Crippen molar-refractivity contribution in [3.8, 4) is 0 Å². The molecule has 3 aliphatic heterocycles. The summed E-state index contributed by atoms with van der Waals surface area (Å²) < 4.78 is 6.15. The lowest BCUT2D eigenvalue weighted by atomic mass is 10.0. The Morgan fingerprint density at radius 3 is 2.95 bits per heavy atom. The van der Waals surface area contributed by atoms with Crippen molar-refractivity contribution in [1.29, 1.82) is 0 Å². The molecule has 3 saturated heterocycles. The summed E-state index contributed by atoms with van der Waals surface area (Å²) in [5.41, 5.74) is 3.08. The van der Waals surface area contributed by atoms with Crippen molar-refractivity contribution in [3.63, 3.8) is 0 Å². The fraction of sp³-hybridized carbons (Fsp3) is 0.750. The molecule has 0 bridgehead atoms. The van der Waals surface area contributed by atoms with Gasteiger partial charge in [-0.25, -0.2) is 4.98 Å². The Bertz CT molecular complexity index is 543. The van der Waals surface area contributed by atoms with Crippen molar-refractivity contribution < 1.29 is 9.53 Å². The molecule has 4 rings (SSSR count). The molecule has 4 heterocycles. The lowest BCUT2D eigenvalue weighted by molar-refractivity contribution is -0.137. The van der Waals surface area contributed by atoms with E-state index in [4.69, 9.17) is 4.74 Å². The number of hydrogen-bond acceptors (Lipinski definition) is 5. The zero-order valence-electron chi connectivity index (χ0n) is 13.0. The predicted octanol–water partition coefficient (Wildman–Crippen LogP) is 1.66. The van der Waals surface area contributed by atoms with Gasteiger partial charge >= 0.3 is 0 Å². The standard InChI is InChI=1S/C16H23N3O2S/c1-11-15(22-10-17-11)9-18-7-12-5-13(21-14(12)8-18)6-16(20)19-3-2-4-19/h10,12-14H,2-9H2,1H3/t12-,13-,14+/m0/s1.